The molecule has 3 nitrogen and oxygen atoms in total. The molecule has 23 heavy (non-hydrogen) atoms. The van der Waals surface area contributed by atoms with Gasteiger partial charge in [0.05, 0.1) is 0 Å². The van der Waals surface area contributed by atoms with Gasteiger partial charge in [-0.25, -0.2) is 0 Å². The summed E-state index contributed by atoms with van der Waals surface area (Å²) in [6, 6.07) is 12.5. The van der Waals surface area contributed by atoms with Crippen molar-refractivity contribution in [2.75, 3.05) is 39.3 Å². The molecule has 0 unspecified atom stereocenters. The molecule has 2 aliphatic rings. The van der Waals surface area contributed by atoms with E-state index < -0.39 is 0 Å². The van der Waals surface area contributed by atoms with Gasteiger partial charge in [-0.1, -0.05) is 43.7 Å². The van der Waals surface area contributed by atoms with Crippen molar-refractivity contribution < 1.29 is 0 Å². The summed E-state index contributed by atoms with van der Waals surface area (Å²) in [7, 11) is 0. The molecule has 128 valence electrons. The van der Waals surface area contributed by atoms with E-state index in [1.54, 1.807) is 0 Å². The van der Waals surface area contributed by atoms with Gasteiger partial charge in [0, 0.05) is 38.3 Å². The molecule has 0 saturated carbocycles. The fourth-order valence-electron chi connectivity index (χ4n) is 4.26. The molecule has 2 fully saturated rings. The molecule has 2 heterocycles. The van der Waals surface area contributed by atoms with E-state index in [1.807, 2.05) is 0 Å². The summed E-state index contributed by atoms with van der Waals surface area (Å²) in [5.41, 5.74) is 1.47. The van der Waals surface area contributed by atoms with Crippen LogP contribution in [0, 0.1) is 0 Å². The Labute approximate surface area is 142 Å². The maximum absolute atomic E-state index is 3.58. The van der Waals surface area contributed by atoms with Crippen LogP contribution in [-0.2, 0) is 6.42 Å². The van der Waals surface area contributed by atoms with Crippen LogP contribution in [0.5, 0.6) is 0 Å². The fraction of sp³-hybridized carbons (Fsp3) is 0.700. The molecule has 1 aromatic rings. The molecular formula is C20H33N3. The highest BCUT2D eigenvalue weighted by Gasteiger charge is 2.30. The Morgan fingerprint density at radius 2 is 1.87 bits per heavy atom. The Balaban J connectivity index is 1.44. The second-order valence-corrected chi connectivity index (χ2v) is 7.19. The highest BCUT2D eigenvalue weighted by atomic mass is 15.3. The summed E-state index contributed by atoms with van der Waals surface area (Å²) in [5.74, 6) is 0. The smallest absolute Gasteiger partial charge is 0.0224 e. The molecule has 1 N–H and O–H groups in total. The van der Waals surface area contributed by atoms with Crippen LogP contribution in [0.4, 0.5) is 0 Å². The van der Waals surface area contributed by atoms with Gasteiger partial charge in [-0.2, -0.15) is 0 Å². The van der Waals surface area contributed by atoms with Crippen molar-refractivity contribution in [3.8, 4) is 0 Å². The molecule has 1 atom stereocenters. The lowest BCUT2D eigenvalue weighted by atomic mass is 9.97. The van der Waals surface area contributed by atoms with Gasteiger partial charge in [0.2, 0.25) is 0 Å². The molecule has 0 aliphatic carbocycles. The third-order valence-corrected chi connectivity index (χ3v) is 5.60. The van der Waals surface area contributed by atoms with E-state index in [9.17, 15) is 0 Å². The van der Waals surface area contributed by atoms with Gasteiger partial charge in [0.15, 0.2) is 0 Å². The summed E-state index contributed by atoms with van der Waals surface area (Å²) in [6.07, 6.45) is 6.56. The first-order valence-corrected chi connectivity index (χ1v) is 9.59. The zero-order chi connectivity index (χ0) is 15.9. The zero-order valence-electron chi connectivity index (χ0n) is 14.7. The second-order valence-electron chi connectivity index (χ2n) is 7.19. The van der Waals surface area contributed by atoms with Gasteiger partial charge in [0.1, 0.15) is 0 Å². The number of nitrogens with zero attached hydrogens (tertiary/aromatic N) is 2. The largest absolute Gasteiger partial charge is 0.314 e. The molecular weight excluding hydrogens is 282 g/mol. The van der Waals surface area contributed by atoms with E-state index in [-0.39, 0.29) is 0 Å². The number of rotatable bonds is 6. The van der Waals surface area contributed by atoms with Crippen molar-refractivity contribution in [1.29, 1.82) is 0 Å². The fourth-order valence-corrected chi connectivity index (χ4v) is 4.26. The number of benzene rings is 1. The lowest BCUT2D eigenvalue weighted by molar-refractivity contribution is 0.0544. The molecule has 2 saturated heterocycles. The first-order chi connectivity index (χ1) is 11.4. The normalized spacial score (nSPS) is 24.8. The van der Waals surface area contributed by atoms with E-state index >= 15 is 0 Å². The van der Waals surface area contributed by atoms with Crippen molar-refractivity contribution in [2.24, 2.45) is 0 Å². The quantitative estimate of drug-likeness (QED) is 0.871. The van der Waals surface area contributed by atoms with Gasteiger partial charge in [-0.05, 0) is 44.3 Å². The van der Waals surface area contributed by atoms with Crippen molar-refractivity contribution in [2.45, 2.75) is 51.1 Å². The highest BCUT2D eigenvalue weighted by Crippen LogP contribution is 2.22. The first kappa shape index (κ1) is 16.9. The first-order valence-electron chi connectivity index (χ1n) is 9.59. The molecule has 0 aromatic heterocycles. The number of piperidine rings is 1. The molecule has 3 heteroatoms. The molecule has 2 aliphatic heterocycles. The summed E-state index contributed by atoms with van der Waals surface area (Å²) in [6.45, 7) is 9.71. The van der Waals surface area contributed by atoms with Crippen molar-refractivity contribution in [1.82, 2.24) is 15.1 Å². The summed E-state index contributed by atoms with van der Waals surface area (Å²) < 4.78 is 0. The molecule has 0 spiro atoms. The predicted molar refractivity (Wildman–Crippen MR) is 97.9 cm³/mol. The van der Waals surface area contributed by atoms with Gasteiger partial charge in [0.25, 0.3) is 0 Å². The van der Waals surface area contributed by atoms with Crippen molar-refractivity contribution in [3.63, 3.8) is 0 Å². The Kier molecular flexibility index (Phi) is 6.49. The molecule has 0 amide bonds. The van der Waals surface area contributed by atoms with Gasteiger partial charge in [-0.3, -0.25) is 4.90 Å². The minimum atomic E-state index is 0.773. The van der Waals surface area contributed by atoms with Crippen LogP contribution in [-0.4, -0.2) is 61.2 Å². The van der Waals surface area contributed by atoms with E-state index in [4.69, 9.17) is 0 Å². The Morgan fingerprint density at radius 3 is 2.61 bits per heavy atom. The zero-order valence-corrected chi connectivity index (χ0v) is 14.7. The van der Waals surface area contributed by atoms with Gasteiger partial charge in [-0.15, -0.1) is 0 Å². The summed E-state index contributed by atoms with van der Waals surface area (Å²) in [4.78, 5) is 5.50. The molecule has 0 bridgehead atoms. The van der Waals surface area contributed by atoms with E-state index in [0.29, 0.717) is 0 Å². The number of hydrogen-bond acceptors (Lipinski definition) is 3. The number of likely N-dealkylation sites (tertiary alicyclic amines) is 1. The predicted octanol–water partition coefficient (Wildman–Crippen LogP) is 2.77. The Bertz CT molecular complexity index is 437. The summed E-state index contributed by atoms with van der Waals surface area (Å²) >= 11 is 0. The molecule has 1 aromatic carbocycles. The van der Waals surface area contributed by atoms with Crippen LogP contribution >= 0.6 is 0 Å². The minimum absolute atomic E-state index is 0.773. The number of nitrogens with one attached hydrogen (secondary N) is 1. The summed E-state index contributed by atoms with van der Waals surface area (Å²) in [5, 5.41) is 3.58. The average Bonchev–Trinajstić information content (AvgIpc) is 2.62. The third-order valence-electron chi connectivity index (χ3n) is 5.60. The number of piperazine rings is 1. The average molecular weight is 316 g/mol. The van der Waals surface area contributed by atoms with Crippen LogP contribution in [0.2, 0.25) is 0 Å². The third kappa shape index (κ3) is 4.79. The van der Waals surface area contributed by atoms with Gasteiger partial charge >= 0.3 is 0 Å². The van der Waals surface area contributed by atoms with Crippen LogP contribution in [0.1, 0.15) is 38.2 Å². The van der Waals surface area contributed by atoms with E-state index in [1.165, 1.54) is 76.9 Å². The van der Waals surface area contributed by atoms with E-state index in [2.05, 4.69) is 52.4 Å². The van der Waals surface area contributed by atoms with Crippen molar-refractivity contribution >= 4 is 0 Å². The maximum atomic E-state index is 3.58. The van der Waals surface area contributed by atoms with E-state index in [0.717, 1.165) is 12.1 Å². The maximum Gasteiger partial charge on any atom is 0.0224 e. The van der Waals surface area contributed by atoms with Gasteiger partial charge < -0.3 is 10.2 Å². The van der Waals surface area contributed by atoms with Crippen LogP contribution in [0.25, 0.3) is 0 Å². The van der Waals surface area contributed by atoms with Crippen LogP contribution in [0.15, 0.2) is 30.3 Å². The minimum Gasteiger partial charge on any atom is -0.314 e. The lowest BCUT2D eigenvalue weighted by Crippen LogP contribution is -2.57. The Hall–Kier alpha value is -0.900. The second kappa shape index (κ2) is 8.81. The monoisotopic (exact) mass is 315 g/mol. The van der Waals surface area contributed by atoms with Crippen molar-refractivity contribution in [3.05, 3.63) is 35.9 Å². The Morgan fingerprint density at radius 1 is 1.09 bits per heavy atom. The highest BCUT2D eigenvalue weighted by molar-refractivity contribution is 5.14. The van der Waals surface area contributed by atoms with Crippen LogP contribution in [0.3, 0.4) is 0 Å². The standard InChI is InChI=1S/C20H33N3/c1-2-6-20-17-21-12-16-23(20)19-10-14-22(15-11-19)13-9-18-7-4-3-5-8-18/h3-5,7-8,19-21H,2,6,9-17H2,1H3/t20-/m1/s1. The SMILES string of the molecule is CCC[C@@H]1CNCCN1C1CCN(CCc2ccccc2)CC1. The molecule has 0 radical (unpaired) electrons. The lowest BCUT2D eigenvalue weighted by Gasteiger charge is -2.45. The number of hydrogen-bond donors (Lipinski definition) is 1. The topological polar surface area (TPSA) is 18.5 Å². The van der Waals surface area contributed by atoms with Crippen LogP contribution < -0.4 is 5.32 Å². The molecule has 3 rings (SSSR count).